The molecular formula is C12H14O5. The van der Waals surface area contributed by atoms with Crippen molar-refractivity contribution in [3.8, 4) is 0 Å². The lowest BCUT2D eigenvalue weighted by atomic mass is 10.1. The number of aliphatic hydroxyl groups is 1. The van der Waals surface area contributed by atoms with Crippen molar-refractivity contribution in [1.29, 1.82) is 0 Å². The molecule has 5 nitrogen and oxygen atoms in total. The average molecular weight is 238 g/mol. The Morgan fingerprint density at radius 3 is 2.53 bits per heavy atom. The van der Waals surface area contributed by atoms with Crippen molar-refractivity contribution in [1.82, 2.24) is 0 Å². The smallest absolute Gasteiger partial charge is 0.338 e. The summed E-state index contributed by atoms with van der Waals surface area (Å²) in [5, 5.41) is 8.54. The second-order valence-electron chi connectivity index (χ2n) is 3.56. The molecule has 1 aliphatic heterocycles. The molecule has 0 atom stereocenters. The fourth-order valence-corrected chi connectivity index (χ4v) is 1.55. The second-order valence-corrected chi connectivity index (χ2v) is 3.56. The highest BCUT2D eigenvalue weighted by molar-refractivity contribution is 5.89. The van der Waals surface area contributed by atoms with Gasteiger partial charge in [0.1, 0.15) is 6.61 Å². The zero-order chi connectivity index (χ0) is 12.1. The van der Waals surface area contributed by atoms with Gasteiger partial charge < -0.3 is 19.3 Å². The van der Waals surface area contributed by atoms with Gasteiger partial charge in [-0.3, -0.25) is 0 Å². The van der Waals surface area contributed by atoms with Crippen LogP contribution in [0.15, 0.2) is 24.3 Å². The standard InChI is InChI=1S/C12H14O5/c13-5-6-15-11(14)9-1-3-10(4-2-9)12-16-7-8-17-12/h1-4,12-13H,5-8H2. The van der Waals surface area contributed by atoms with E-state index in [1.807, 2.05) is 0 Å². The van der Waals surface area contributed by atoms with Crippen LogP contribution in [-0.4, -0.2) is 37.5 Å². The Hall–Kier alpha value is -1.43. The van der Waals surface area contributed by atoms with Gasteiger partial charge in [0.05, 0.1) is 25.4 Å². The molecule has 0 aromatic heterocycles. The predicted molar refractivity (Wildman–Crippen MR) is 58.5 cm³/mol. The minimum atomic E-state index is -0.446. The molecule has 1 aromatic carbocycles. The summed E-state index contributed by atoms with van der Waals surface area (Å²) in [5.41, 5.74) is 1.32. The predicted octanol–water partition coefficient (Wildman–Crippen LogP) is 0.881. The minimum absolute atomic E-state index is 0.00936. The molecule has 5 heteroatoms. The fourth-order valence-electron chi connectivity index (χ4n) is 1.55. The first-order valence-electron chi connectivity index (χ1n) is 5.42. The van der Waals surface area contributed by atoms with Crippen LogP contribution in [0.4, 0.5) is 0 Å². The molecule has 1 aliphatic rings. The van der Waals surface area contributed by atoms with Gasteiger partial charge >= 0.3 is 5.97 Å². The van der Waals surface area contributed by atoms with E-state index in [0.29, 0.717) is 18.8 Å². The number of aliphatic hydroxyl groups excluding tert-OH is 1. The fraction of sp³-hybridized carbons (Fsp3) is 0.417. The Balaban J connectivity index is 1.99. The Morgan fingerprint density at radius 1 is 1.29 bits per heavy atom. The summed E-state index contributed by atoms with van der Waals surface area (Å²) < 4.78 is 15.5. The number of esters is 1. The topological polar surface area (TPSA) is 65.0 Å². The van der Waals surface area contributed by atoms with Gasteiger partial charge in [-0.15, -0.1) is 0 Å². The monoisotopic (exact) mass is 238 g/mol. The second kappa shape index (κ2) is 5.77. The molecule has 1 heterocycles. The molecule has 1 saturated heterocycles. The zero-order valence-electron chi connectivity index (χ0n) is 9.30. The molecule has 1 fully saturated rings. The highest BCUT2D eigenvalue weighted by Crippen LogP contribution is 2.23. The van der Waals surface area contributed by atoms with Crippen LogP contribution in [0.3, 0.4) is 0 Å². The largest absolute Gasteiger partial charge is 0.460 e. The van der Waals surface area contributed by atoms with Crippen LogP contribution in [0, 0.1) is 0 Å². The number of ether oxygens (including phenoxy) is 3. The number of benzene rings is 1. The van der Waals surface area contributed by atoms with Crippen molar-refractivity contribution >= 4 is 5.97 Å². The number of rotatable bonds is 4. The molecule has 0 spiro atoms. The normalized spacial score (nSPS) is 16.1. The maximum Gasteiger partial charge on any atom is 0.338 e. The molecule has 0 aliphatic carbocycles. The van der Waals surface area contributed by atoms with Crippen molar-refractivity contribution in [3.63, 3.8) is 0 Å². The summed E-state index contributed by atoms with van der Waals surface area (Å²) in [6.07, 6.45) is -0.336. The molecule has 2 rings (SSSR count). The quantitative estimate of drug-likeness (QED) is 0.789. The molecule has 1 aromatic rings. The van der Waals surface area contributed by atoms with Crippen LogP contribution in [0.2, 0.25) is 0 Å². The van der Waals surface area contributed by atoms with E-state index < -0.39 is 5.97 Å². The van der Waals surface area contributed by atoms with Crippen molar-refractivity contribution in [2.24, 2.45) is 0 Å². The van der Waals surface area contributed by atoms with Crippen molar-refractivity contribution in [3.05, 3.63) is 35.4 Å². The van der Waals surface area contributed by atoms with E-state index in [1.54, 1.807) is 24.3 Å². The van der Waals surface area contributed by atoms with Crippen molar-refractivity contribution < 1.29 is 24.1 Å². The third-order valence-corrected chi connectivity index (χ3v) is 2.36. The highest BCUT2D eigenvalue weighted by Gasteiger charge is 2.18. The van der Waals surface area contributed by atoms with E-state index in [0.717, 1.165) is 5.56 Å². The van der Waals surface area contributed by atoms with E-state index in [4.69, 9.17) is 19.3 Å². The lowest BCUT2D eigenvalue weighted by Crippen LogP contribution is -2.09. The lowest BCUT2D eigenvalue weighted by molar-refractivity contribution is -0.0441. The minimum Gasteiger partial charge on any atom is -0.460 e. The summed E-state index contributed by atoms with van der Waals surface area (Å²) in [4.78, 5) is 11.4. The van der Waals surface area contributed by atoms with Crippen molar-refractivity contribution in [2.75, 3.05) is 26.4 Å². The Morgan fingerprint density at radius 2 is 1.94 bits per heavy atom. The molecule has 0 amide bonds. The van der Waals surface area contributed by atoms with E-state index in [1.165, 1.54) is 0 Å². The SMILES string of the molecule is O=C(OCCO)c1ccc(C2OCCO2)cc1. The van der Waals surface area contributed by atoms with Gasteiger partial charge in [0, 0.05) is 5.56 Å². The molecule has 0 unspecified atom stereocenters. The number of hydrogen-bond donors (Lipinski definition) is 1. The molecular weight excluding hydrogens is 224 g/mol. The number of carbonyl (C=O) groups is 1. The Kier molecular flexibility index (Phi) is 4.08. The van der Waals surface area contributed by atoms with Gasteiger partial charge in [0.2, 0.25) is 0 Å². The van der Waals surface area contributed by atoms with E-state index in [2.05, 4.69) is 0 Å². The average Bonchev–Trinajstić information content (AvgIpc) is 2.90. The zero-order valence-corrected chi connectivity index (χ0v) is 9.30. The number of hydrogen-bond acceptors (Lipinski definition) is 5. The van der Waals surface area contributed by atoms with Gasteiger partial charge in [-0.2, -0.15) is 0 Å². The summed E-state index contributed by atoms with van der Waals surface area (Å²) in [5.74, 6) is -0.446. The van der Waals surface area contributed by atoms with Crippen LogP contribution >= 0.6 is 0 Å². The summed E-state index contributed by atoms with van der Waals surface area (Å²) >= 11 is 0. The Labute approximate surface area is 98.9 Å². The first-order chi connectivity index (χ1) is 8.31. The first kappa shape index (κ1) is 12.0. The third-order valence-electron chi connectivity index (χ3n) is 2.36. The van der Waals surface area contributed by atoms with Gasteiger partial charge in [0.15, 0.2) is 6.29 Å². The van der Waals surface area contributed by atoms with Crippen LogP contribution in [0.25, 0.3) is 0 Å². The molecule has 1 N–H and O–H groups in total. The van der Waals surface area contributed by atoms with Gasteiger partial charge in [-0.05, 0) is 12.1 Å². The third kappa shape index (κ3) is 3.03. The van der Waals surface area contributed by atoms with Crippen LogP contribution in [-0.2, 0) is 14.2 Å². The first-order valence-corrected chi connectivity index (χ1v) is 5.42. The maximum absolute atomic E-state index is 11.4. The number of carbonyl (C=O) groups excluding carboxylic acids is 1. The van der Waals surface area contributed by atoms with E-state index >= 15 is 0 Å². The van der Waals surface area contributed by atoms with Crippen LogP contribution in [0.1, 0.15) is 22.2 Å². The van der Waals surface area contributed by atoms with Crippen LogP contribution < -0.4 is 0 Å². The van der Waals surface area contributed by atoms with Gasteiger partial charge in [-0.1, -0.05) is 12.1 Å². The molecule has 17 heavy (non-hydrogen) atoms. The lowest BCUT2D eigenvalue weighted by Gasteiger charge is -2.09. The molecule has 92 valence electrons. The molecule has 0 saturated carbocycles. The van der Waals surface area contributed by atoms with Gasteiger partial charge in [-0.25, -0.2) is 4.79 Å². The summed E-state index contributed by atoms with van der Waals surface area (Å²) in [6.45, 7) is 1.01. The van der Waals surface area contributed by atoms with E-state index in [9.17, 15) is 4.79 Å². The van der Waals surface area contributed by atoms with Gasteiger partial charge in [0.25, 0.3) is 0 Å². The molecule has 0 bridgehead atoms. The Bertz CT molecular complexity index is 367. The summed E-state index contributed by atoms with van der Waals surface area (Å²) in [7, 11) is 0. The van der Waals surface area contributed by atoms with Crippen molar-refractivity contribution in [2.45, 2.75) is 6.29 Å². The van der Waals surface area contributed by atoms with Crippen LogP contribution in [0.5, 0.6) is 0 Å². The highest BCUT2D eigenvalue weighted by atomic mass is 16.7. The molecule has 0 radical (unpaired) electrons. The maximum atomic E-state index is 11.4. The van der Waals surface area contributed by atoms with E-state index in [-0.39, 0.29) is 19.5 Å². The summed E-state index contributed by atoms with van der Waals surface area (Å²) in [6, 6.07) is 6.84.